The molecule has 2 aromatic rings. The van der Waals surface area contributed by atoms with Crippen LogP contribution < -0.4 is 5.32 Å². The molecule has 0 radical (unpaired) electrons. The van der Waals surface area contributed by atoms with Gasteiger partial charge >= 0.3 is 0 Å². The molecular formula is C14H21N3OS. The van der Waals surface area contributed by atoms with Crippen LogP contribution in [0, 0.1) is 6.92 Å². The molecule has 0 unspecified atom stereocenters. The predicted octanol–water partition coefficient (Wildman–Crippen LogP) is 3.14. The van der Waals surface area contributed by atoms with E-state index in [1.54, 1.807) is 11.3 Å². The van der Waals surface area contributed by atoms with Gasteiger partial charge in [-0.1, -0.05) is 0 Å². The van der Waals surface area contributed by atoms with Gasteiger partial charge in [0.25, 0.3) is 0 Å². The molecule has 5 heteroatoms. The second kappa shape index (κ2) is 7.31. The van der Waals surface area contributed by atoms with E-state index >= 15 is 0 Å². The zero-order chi connectivity index (χ0) is 13.5. The lowest BCUT2D eigenvalue weighted by Crippen LogP contribution is -2.11. The van der Waals surface area contributed by atoms with Crippen LogP contribution in [-0.4, -0.2) is 29.3 Å². The van der Waals surface area contributed by atoms with Gasteiger partial charge in [-0.25, -0.2) is 4.98 Å². The molecule has 4 nitrogen and oxygen atoms in total. The Labute approximate surface area is 118 Å². The van der Waals surface area contributed by atoms with E-state index in [2.05, 4.69) is 37.9 Å². The molecule has 0 saturated carbocycles. The first-order valence-electron chi connectivity index (χ1n) is 6.66. The molecule has 0 bridgehead atoms. The Kier molecular flexibility index (Phi) is 5.42. The van der Waals surface area contributed by atoms with Gasteiger partial charge in [0.1, 0.15) is 0 Å². The van der Waals surface area contributed by atoms with Crippen LogP contribution in [0.1, 0.15) is 24.6 Å². The average Bonchev–Trinajstić information content (AvgIpc) is 3.00. The number of ether oxygens (including phenoxy) is 1. The van der Waals surface area contributed by atoms with Crippen LogP contribution in [0.5, 0.6) is 0 Å². The van der Waals surface area contributed by atoms with Crippen LogP contribution in [0.3, 0.4) is 0 Å². The summed E-state index contributed by atoms with van der Waals surface area (Å²) in [5, 5.41) is 7.66. The molecule has 0 fully saturated rings. The summed E-state index contributed by atoms with van der Waals surface area (Å²) in [6.45, 7) is 7.39. The highest BCUT2D eigenvalue weighted by atomic mass is 32.1. The lowest BCUT2D eigenvalue weighted by Gasteiger charge is -2.09. The molecule has 2 heterocycles. The highest BCUT2D eigenvalue weighted by Crippen LogP contribution is 2.14. The fourth-order valence-electron chi connectivity index (χ4n) is 1.91. The van der Waals surface area contributed by atoms with Crippen molar-refractivity contribution >= 4 is 17.3 Å². The standard InChI is InChI=1S/C14H21N3OS/c1-3-18-7-4-6-15-14-16-12(2)9-17(14)10-13-5-8-19-11-13/h5,8-9,11H,3-4,6-7,10H2,1-2H3,(H,15,16). The minimum absolute atomic E-state index is 0.784. The summed E-state index contributed by atoms with van der Waals surface area (Å²) in [6, 6.07) is 2.15. The normalized spacial score (nSPS) is 10.8. The molecule has 0 aliphatic heterocycles. The topological polar surface area (TPSA) is 39.1 Å². The van der Waals surface area contributed by atoms with Gasteiger partial charge in [0.2, 0.25) is 5.95 Å². The highest BCUT2D eigenvalue weighted by molar-refractivity contribution is 7.07. The first kappa shape index (κ1) is 14.1. The van der Waals surface area contributed by atoms with Crippen molar-refractivity contribution in [2.45, 2.75) is 26.8 Å². The minimum Gasteiger partial charge on any atom is -0.382 e. The maximum Gasteiger partial charge on any atom is 0.203 e. The number of aromatic nitrogens is 2. The van der Waals surface area contributed by atoms with E-state index in [0.717, 1.165) is 44.4 Å². The van der Waals surface area contributed by atoms with Gasteiger partial charge < -0.3 is 14.6 Å². The number of imidazole rings is 1. The van der Waals surface area contributed by atoms with Crippen molar-refractivity contribution in [3.8, 4) is 0 Å². The second-order valence-corrected chi connectivity index (χ2v) is 5.22. The van der Waals surface area contributed by atoms with Crippen molar-refractivity contribution in [3.05, 3.63) is 34.3 Å². The summed E-state index contributed by atoms with van der Waals surface area (Å²) in [7, 11) is 0. The predicted molar refractivity (Wildman–Crippen MR) is 80.0 cm³/mol. The number of aryl methyl sites for hydroxylation is 1. The van der Waals surface area contributed by atoms with Crippen molar-refractivity contribution in [1.29, 1.82) is 0 Å². The molecule has 0 atom stereocenters. The van der Waals surface area contributed by atoms with Gasteiger partial charge in [0.05, 0.1) is 12.2 Å². The monoisotopic (exact) mass is 279 g/mol. The molecule has 19 heavy (non-hydrogen) atoms. The summed E-state index contributed by atoms with van der Waals surface area (Å²) < 4.78 is 7.49. The summed E-state index contributed by atoms with van der Waals surface area (Å²) >= 11 is 1.73. The molecule has 2 aromatic heterocycles. The smallest absolute Gasteiger partial charge is 0.203 e. The third-order valence-electron chi connectivity index (χ3n) is 2.78. The number of hydrogen-bond acceptors (Lipinski definition) is 4. The molecule has 0 aliphatic carbocycles. The van der Waals surface area contributed by atoms with Crippen molar-refractivity contribution in [2.75, 3.05) is 25.1 Å². The molecular weight excluding hydrogens is 258 g/mol. The number of thiophene rings is 1. The van der Waals surface area contributed by atoms with E-state index in [0.29, 0.717) is 0 Å². The summed E-state index contributed by atoms with van der Waals surface area (Å²) in [5.41, 5.74) is 2.36. The van der Waals surface area contributed by atoms with E-state index < -0.39 is 0 Å². The number of nitrogens with zero attached hydrogens (tertiary/aromatic N) is 2. The lowest BCUT2D eigenvalue weighted by molar-refractivity contribution is 0.147. The summed E-state index contributed by atoms with van der Waals surface area (Å²) in [6.07, 6.45) is 3.08. The van der Waals surface area contributed by atoms with E-state index in [-0.39, 0.29) is 0 Å². The van der Waals surface area contributed by atoms with Crippen molar-refractivity contribution in [1.82, 2.24) is 9.55 Å². The lowest BCUT2D eigenvalue weighted by atomic mass is 10.3. The van der Waals surface area contributed by atoms with Crippen LogP contribution in [0.25, 0.3) is 0 Å². The van der Waals surface area contributed by atoms with Gasteiger partial charge in [-0.05, 0) is 42.7 Å². The van der Waals surface area contributed by atoms with Crippen molar-refractivity contribution in [2.24, 2.45) is 0 Å². The molecule has 0 aromatic carbocycles. The molecule has 0 aliphatic rings. The van der Waals surface area contributed by atoms with Crippen LogP contribution in [0.2, 0.25) is 0 Å². The van der Waals surface area contributed by atoms with E-state index in [1.165, 1.54) is 5.56 Å². The van der Waals surface area contributed by atoms with Gasteiger partial charge in [-0.15, -0.1) is 0 Å². The van der Waals surface area contributed by atoms with Crippen LogP contribution in [-0.2, 0) is 11.3 Å². The Morgan fingerprint density at radius 3 is 3.11 bits per heavy atom. The fraction of sp³-hybridized carbons (Fsp3) is 0.500. The van der Waals surface area contributed by atoms with Gasteiger partial charge in [0.15, 0.2) is 0 Å². The average molecular weight is 279 g/mol. The van der Waals surface area contributed by atoms with Crippen LogP contribution in [0.4, 0.5) is 5.95 Å². The number of rotatable bonds is 8. The summed E-state index contributed by atoms with van der Waals surface area (Å²) in [4.78, 5) is 4.52. The van der Waals surface area contributed by atoms with E-state index in [9.17, 15) is 0 Å². The number of anilines is 1. The Hall–Kier alpha value is -1.33. The Bertz CT molecular complexity index is 479. The zero-order valence-electron chi connectivity index (χ0n) is 11.6. The van der Waals surface area contributed by atoms with Gasteiger partial charge in [-0.2, -0.15) is 11.3 Å². The Morgan fingerprint density at radius 1 is 1.47 bits per heavy atom. The zero-order valence-corrected chi connectivity index (χ0v) is 12.4. The second-order valence-electron chi connectivity index (χ2n) is 4.44. The van der Waals surface area contributed by atoms with E-state index in [4.69, 9.17) is 4.74 Å². The van der Waals surface area contributed by atoms with Gasteiger partial charge in [0, 0.05) is 26.0 Å². The molecule has 0 spiro atoms. The highest BCUT2D eigenvalue weighted by Gasteiger charge is 2.05. The molecule has 0 saturated heterocycles. The minimum atomic E-state index is 0.784. The quantitative estimate of drug-likeness (QED) is 0.755. The van der Waals surface area contributed by atoms with Crippen LogP contribution >= 0.6 is 11.3 Å². The first-order chi connectivity index (χ1) is 9.29. The molecule has 2 rings (SSSR count). The largest absolute Gasteiger partial charge is 0.382 e. The van der Waals surface area contributed by atoms with Crippen LogP contribution in [0.15, 0.2) is 23.0 Å². The Morgan fingerprint density at radius 2 is 2.37 bits per heavy atom. The SMILES string of the molecule is CCOCCCNc1nc(C)cn1Cc1ccsc1. The van der Waals surface area contributed by atoms with E-state index in [1.807, 2.05) is 13.8 Å². The fourth-order valence-corrected chi connectivity index (χ4v) is 2.57. The maximum atomic E-state index is 5.33. The van der Waals surface area contributed by atoms with Crippen molar-refractivity contribution < 1.29 is 4.74 Å². The van der Waals surface area contributed by atoms with Crippen molar-refractivity contribution in [3.63, 3.8) is 0 Å². The summed E-state index contributed by atoms with van der Waals surface area (Å²) in [5.74, 6) is 0.945. The van der Waals surface area contributed by atoms with Gasteiger partial charge in [-0.3, -0.25) is 0 Å². The molecule has 1 N–H and O–H groups in total. The number of nitrogens with one attached hydrogen (secondary N) is 1. The Balaban J connectivity index is 1.89. The molecule has 0 amide bonds. The third kappa shape index (κ3) is 4.36. The number of hydrogen-bond donors (Lipinski definition) is 1. The first-order valence-corrected chi connectivity index (χ1v) is 7.60. The molecule has 104 valence electrons. The maximum absolute atomic E-state index is 5.33. The third-order valence-corrected chi connectivity index (χ3v) is 3.51.